The number of likely N-dealkylation sites (tertiary alicyclic amines) is 1. The lowest BCUT2D eigenvalue weighted by Crippen LogP contribution is -2.52. The smallest absolute Gasteiger partial charge is 0.183 e. The molecule has 0 aromatic heterocycles. The Hall–Kier alpha value is -1.22. The summed E-state index contributed by atoms with van der Waals surface area (Å²) >= 11 is 0. The summed E-state index contributed by atoms with van der Waals surface area (Å²) in [7, 11) is 0. The number of ketones is 1. The highest BCUT2D eigenvalue weighted by Gasteiger charge is 2.42. The molecule has 0 N–H and O–H groups in total. The van der Waals surface area contributed by atoms with Gasteiger partial charge < -0.3 is 0 Å². The van der Waals surface area contributed by atoms with Gasteiger partial charge in [0, 0.05) is 5.56 Å². The van der Waals surface area contributed by atoms with Crippen LogP contribution in [-0.2, 0) is 0 Å². The lowest BCUT2D eigenvalue weighted by molar-refractivity contribution is 0.0580. The van der Waals surface area contributed by atoms with Crippen molar-refractivity contribution < 1.29 is 9.18 Å². The maximum Gasteiger partial charge on any atom is 0.183 e. The Bertz CT molecular complexity index is 488. The van der Waals surface area contributed by atoms with Gasteiger partial charge in [0.15, 0.2) is 5.78 Å². The van der Waals surface area contributed by atoms with Gasteiger partial charge in [-0.3, -0.25) is 9.69 Å². The third-order valence-corrected chi connectivity index (χ3v) is 4.75. The van der Waals surface area contributed by atoms with Gasteiger partial charge in [-0.2, -0.15) is 0 Å². The van der Waals surface area contributed by atoms with Crippen LogP contribution in [0, 0.1) is 12.7 Å². The summed E-state index contributed by atoms with van der Waals surface area (Å²) < 4.78 is 13.5. The van der Waals surface area contributed by atoms with E-state index in [4.69, 9.17) is 0 Å². The van der Waals surface area contributed by atoms with Crippen molar-refractivity contribution in [2.75, 3.05) is 13.1 Å². The topological polar surface area (TPSA) is 20.3 Å². The van der Waals surface area contributed by atoms with E-state index >= 15 is 0 Å². The fraction of sp³-hybridized carbons (Fsp3) is 0.588. The quantitative estimate of drug-likeness (QED) is 0.759. The van der Waals surface area contributed by atoms with Crippen molar-refractivity contribution in [2.45, 2.75) is 52.0 Å². The van der Waals surface area contributed by atoms with Gasteiger partial charge in [0.05, 0.1) is 5.54 Å². The molecule has 0 bridgehead atoms. The second kappa shape index (κ2) is 6.04. The largest absolute Gasteiger partial charge is 0.292 e. The molecular formula is C17H24FNO. The van der Waals surface area contributed by atoms with Crippen molar-refractivity contribution in [3.05, 3.63) is 35.1 Å². The Morgan fingerprint density at radius 2 is 1.85 bits per heavy atom. The summed E-state index contributed by atoms with van der Waals surface area (Å²) in [5.41, 5.74) is 0.942. The average molecular weight is 277 g/mol. The van der Waals surface area contributed by atoms with E-state index in [0.29, 0.717) is 5.56 Å². The lowest BCUT2D eigenvalue weighted by atomic mass is 9.81. The summed E-state index contributed by atoms with van der Waals surface area (Å²) in [5.74, 6) is -0.247. The van der Waals surface area contributed by atoms with Crippen LogP contribution in [0.3, 0.4) is 0 Å². The van der Waals surface area contributed by atoms with Crippen molar-refractivity contribution in [1.82, 2.24) is 4.90 Å². The fourth-order valence-electron chi connectivity index (χ4n) is 3.40. The lowest BCUT2D eigenvalue weighted by Gasteiger charge is -2.39. The van der Waals surface area contributed by atoms with Crippen LogP contribution in [0.2, 0.25) is 0 Å². The summed E-state index contributed by atoms with van der Waals surface area (Å²) in [6, 6.07) is 4.51. The highest BCUT2D eigenvalue weighted by molar-refractivity contribution is 6.04. The molecule has 0 radical (unpaired) electrons. The van der Waals surface area contributed by atoms with Crippen LogP contribution in [0.15, 0.2) is 18.2 Å². The number of benzene rings is 1. The van der Waals surface area contributed by atoms with Crippen LogP contribution < -0.4 is 0 Å². The van der Waals surface area contributed by atoms with E-state index in [1.165, 1.54) is 12.1 Å². The van der Waals surface area contributed by atoms with E-state index < -0.39 is 5.54 Å². The van der Waals surface area contributed by atoms with Gasteiger partial charge >= 0.3 is 0 Å². The van der Waals surface area contributed by atoms with Gasteiger partial charge in [-0.1, -0.05) is 19.9 Å². The van der Waals surface area contributed by atoms with E-state index in [0.717, 1.165) is 44.3 Å². The van der Waals surface area contributed by atoms with Crippen molar-refractivity contribution in [3.63, 3.8) is 0 Å². The van der Waals surface area contributed by atoms with Gasteiger partial charge in [0.2, 0.25) is 0 Å². The number of Topliss-reactive ketones (excluding diaryl/α,β-unsaturated/α-hetero) is 1. The van der Waals surface area contributed by atoms with Crippen LogP contribution in [0.4, 0.5) is 4.39 Å². The van der Waals surface area contributed by atoms with Crippen molar-refractivity contribution in [3.8, 4) is 0 Å². The molecule has 0 atom stereocenters. The predicted octanol–water partition coefficient (Wildman–Crippen LogP) is 3.97. The first-order valence-electron chi connectivity index (χ1n) is 7.61. The van der Waals surface area contributed by atoms with E-state index in [-0.39, 0.29) is 11.6 Å². The van der Waals surface area contributed by atoms with E-state index in [9.17, 15) is 9.18 Å². The predicted molar refractivity (Wildman–Crippen MR) is 79.6 cm³/mol. The number of rotatable bonds is 5. The number of nitrogens with zero attached hydrogens (tertiary/aromatic N) is 1. The molecule has 0 amide bonds. The highest BCUT2D eigenvalue weighted by atomic mass is 19.1. The van der Waals surface area contributed by atoms with Crippen LogP contribution in [-0.4, -0.2) is 29.3 Å². The first kappa shape index (κ1) is 15.2. The zero-order valence-corrected chi connectivity index (χ0v) is 12.7. The van der Waals surface area contributed by atoms with Crippen molar-refractivity contribution in [2.24, 2.45) is 0 Å². The summed E-state index contributed by atoms with van der Waals surface area (Å²) in [6.07, 6.45) is 3.85. The molecular weight excluding hydrogens is 253 g/mol. The number of hydrogen-bond acceptors (Lipinski definition) is 2. The molecule has 1 aliphatic rings. The Morgan fingerprint density at radius 3 is 2.40 bits per heavy atom. The van der Waals surface area contributed by atoms with Crippen LogP contribution in [0.25, 0.3) is 0 Å². The third-order valence-electron chi connectivity index (χ3n) is 4.75. The molecule has 1 aliphatic heterocycles. The van der Waals surface area contributed by atoms with Gasteiger partial charge in [-0.05, 0) is 63.4 Å². The molecule has 0 saturated carbocycles. The molecule has 1 aromatic rings. The minimum Gasteiger partial charge on any atom is -0.292 e. The minimum absolute atomic E-state index is 0.0846. The van der Waals surface area contributed by atoms with E-state index in [1.807, 2.05) is 6.92 Å². The molecule has 2 rings (SSSR count). The zero-order chi connectivity index (χ0) is 14.8. The maximum absolute atomic E-state index is 13.5. The number of carbonyl (C=O) groups is 1. The molecule has 1 fully saturated rings. The van der Waals surface area contributed by atoms with Gasteiger partial charge in [-0.15, -0.1) is 0 Å². The van der Waals surface area contributed by atoms with Crippen LogP contribution >= 0.6 is 0 Å². The van der Waals surface area contributed by atoms with Gasteiger partial charge in [0.1, 0.15) is 5.82 Å². The minimum atomic E-state index is -0.463. The van der Waals surface area contributed by atoms with Crippen molar-refractivity contribution >= 4 is 5.78 Å². The molecule has 0 aliphatic carbocycles. The second-order valence-electron chi connectivity index (χ2n) is 5.72. The molecule has 0 unspecified atom stereocenters. The van der Waals surface area contributed by atoms with Crippen LogP contribution in [0.5, 0.6) is 0 Å². The number of aryl methyl sites for hydroxylation is 1. The Morgan fingerprint density at radius 1 is 1.25 bits per heavy atom. The zero-order valence-electron chi connectivity index (χ0n) is 12.7. The van der Waals surface area contributed by atoms with Crippen LogP contribution in [0.1, 0.15) is 55.5 Å². The molecule has 1 aromatic carbocycles. The first-order valence-corrected chi connectivity index (χ1v) is 7.61. The molecule has 0 spiro atoms. The fourth-order valence-corrected chi connectivity index (χ4v) is 3.40. The molecule has 20 heavy (non-hydrogen) atoms. The summed E-state index contributed by atoms with van der Waals surface area (Å²) in [5, 5.41) is 0. The molecule has 3 heteroatoms. The van der Waals surface area contributed by atoms with Gasteiger partial charge in [-0.25, -0.2) is 4.39 Å². The monoisotopic (exact) mass is 277 g/mol. The highest BCUT2D eigenvalue weighted by Crippen LogP contribution is 2.32. The first-order chi connectivity index (χ1) is 9.55. The van der Waals surface area contributed by atoms with E-state index in [1.54, 1.807) is 6.07 Å². The molecule has 110 valence electrons. The Labute approximate surface area is 121 Å². The number of carbonyl (C=O) groups excluding carboxylic acids is 1. The van der Waals surface area contributed by atoms with E-state index in [2.05, 4.69) is 18.7 Å². The second-order valence-corrected chi connectivity index (χ2v) is 5.72. The standard InChI is InChI=1S/C17H24FNO/c1-4-17(5-2,19-10-6-7-11-19)16(20)15-12-14(18)9-8-13(15)3/h8-9,12H,4-7,10-11H2,1-3H3. The number of hydrogen-bond donors (Lipinski definition) is 0. The summed E-state index contributed by atoms with van der Waals surface area (Å²) in [6.45, 7) is 7.96. The molecule has 2 nitrogen and oxygen atoms in total. The normalized spacial score (nSPS) is 16.6. The Balaban J connectivity index is 2.43. The van der Waals surface area contributed by atoms with Crippen molar-refractivity contribution in [1.29, 1.82) is 0 Å². The SMILES string of the molecule is CCC(CC)(C(=O)c1cc(F)ccc1C)N1CCCC1. The molecule has 1 heterocycles. The maximum atomic E-state index is 13.5. The third kappa shape index (κ3) is 2.51. The molecule has 1 saturated heterocycles. The Kier molecular flexibility index (Phi) is 4.59. The average Bonchev–Trinajstić information content (AvgIpc) is 2.98. The number of halogens is 1. The van der Waals surface area contributed by atoms with Gasteiger partial charge in [0.25, 0.3) is 0 Å². The summed E-state index contributed by atoms with van der Waals surface area (Å²) in [4.78, 5) is 15.4.